The molecule has 5 nitrogen and oxygen atoms in total. The number of rotatable bonds is 6. The molecule has 28 heavy (non-hydrogen) atoms. The molecule has 3 rings (SSSR count). The van der Waals surface area contributed by atoms with Gasteiger partial charge in [-0.25, -0.2) is 4.98 Å². The Morgan fingerprint density at radius 1 is 1.39 bits per heavy atom. The normalized spacial score (nSPS) is 18.2. The molecule has 1 amide bonds. The Balaban J connectivity index is 1.50. The van der Waals surface area contributed by atoms with Gasteiger partial charge in [-0.1, -0.05) is 18.2 Å². The number of likely N-dealkylation sites (tertiary alicyclic amines) is 1. The molecule has 0 saturated carbocycles. The third kappa shape index (κ3) is 5.34. The third-order valence-electron chi connectivity index (χ3n) is 5.15. The predicted molar refractivity (Wildman–Crippen MR) is 99.9 cm³/mol. The van der Waals surface area contributed by atoms with Crippen molar-refractivity contribution in [1.29, 1.82) is 0 Å². The van der Waals surface area contributed by atoms with E-state index in [0.29, 0.717) is 36.8 Å². The minimum absolute atomic E-state index is 0.133. The molecule has 0 spiro atoms. The van der Waals surface area contributed by atoms with Gasteiger partial charge < -0.3 is 14.8 Å². The summed E-state index contributed by atoms with van der Waals surface area (Å²) in [5.74, 6) is 0.546. The van der Waals surface area contributed by atoms with Crippen LogP contribution >= 0.6 is 0 Å². The van der Waals surface area contributed by atoms with Gasteiger partial charge in [0.15, 0.2) is 5.82 Å². The molecular weight excluding hydrogens is 369 g/mol. The highest BCUT2D eigenvalue weighted by Crippen LogP contribution is 2.29. The fourth-order valence-corrected chi connectivity index (χ4v) is 3.73. The molecule has 1 fully saturated rings. The van der Waals surface area contributed by atoms with Crippen LogP contribution in [0.25, 0.3) is 0 Å². The molecule has 1 aromatic carbocycles. The van der Waals surface area contributed by atoms with Crippen LogP contribution in [0.5, 0.6) is 0 Å². The van der Waals surface area contributed by atoms with Crippen molar-refractivity contribution < 1.29 is 18.0 Å². The van der Waals surface area contributed by atoms with E-state index >= 15 is 0 Å². The average molecular weight is 394 g/mol. The van der Waals surface area contributed by atoms with Crippen LogP contribution in [0.1, 0.15) is 34.6 Å². The maximum absolute atomic E-state index is 12.9. The quantitative estimate of drug-likeness (QED) is 0.817. The van der Waals surface area contributed by atoms with Crippen LogP contribution in [-0.2, 0) is 12.6 Å². The summed E-state index contributed by atoms with van der Waals surface area (Å²) in [6, 6.07) is 5.54. The number of benzene rings is 1. The molecule has 1 atom stereocenters. The van der Waals surface area contributed by atoms with Gasteiger partial charge in [-0.3, -0.25) is 4.79 Å². The van der Waals surface area contributed by atoms with Gasteiger partial charge in [-0.15, -0.1) is 0 Å². The number of nitrogens with zero attached hydrogens (tertiary/aromatic N) is 3. The van der Waals surface area contributed by atoms with Gasteiger partial charge in [0.25, 0.3) is 5.91 Å². The molecule has 0 unspecified atom stereocenters. The lowest BCUT2D eigenvalue weighted by atomic mass is 9.97. The highest BCUT2D eigenvalue weighted by atomic mass is 19.4. The van der Waals surface area contributed by atoms with Crippen LogP contribution in [0.4, 0.5) is 13.2 Å². The number of aromatic amines is 1. The number of halogens is 3. The van der Waals surface area contributed by atoms with Crippen LogP contribution in [0.3, 0.4) is 0 Å². The minimum Gasteiger partial charge on any atom is -0.341 e. The summed E-state index contributed by atoms with van der Waals surface area (Å²) in [6.07, 6.45) is 1.51. The van der Waals surface area contributed by atoms with Crippen LogP contribution in [0, 0.1) is 5.92 Å². The molecule has 0 aliphatic carbocycles. The highest BCUT2D eigenvalue weighted by Gasteiger charge is 2.30. The monoisotopic (exact) mass is 394 g/mol. The van der Waals surface area contributed by atoms with E-state index in [0.717, 1.165) is 32.0 Å². The van der Waals surface area contributed by atoms with Gasteiger partial charge in [-0.05, 0) is 43.4 Å². The number of nitrogens with one attached hydrogen (secondary N) is 1. The summed E-state index contributed by atoms with van der Waals surface area (Å²) < 4.78 is 38.6. The first kappa shape index (κ1) is 20.4. The van der Waals surface area contributed by atoms with Crippen molar-refractivity contribution in [3.63, 3.8) is 0 Å². The zero-order valence-electron chi connectivity index (χ0n) is 15.9. The van der Waals surface area contributed by atoms with Crippen molar-refractivity contribution in [3.05, 3.63) is 53.6 Å². The van der Waals surface area contributed by atoms with Crippen LogP contribution < -0.4 is 0 Å². The summed E-state index contributed by atoms with van der Waals surface area (Å²) in [4.78, 5) is 23.1. The van der Waals surface area contributed by atoms with E-state index in [1.807, 2.05) is 0 Å². The molecule has 1 saturated heterocycles. The summed E-state index contributed by atoms with van der Waals surface area (Å²) >= 11 is 0. The number of aromatic nitrogens is 2. The van der Waals surface area contributed by atoms with Crippen LogP contribution in [0.15, 0.2) is 36.7 Å². The van der Waals surface area contributed by atoms with Gasteiger partial charge in [0, 0.05) is 39.1 Å². The highest BCUT2D eigenvalue weighted by molar-refractivity contribution is 5.90. The van der Waals surface area contributed by atoms with E-state index in [9.17, 15) is 18.0 Å². The molecule has 1 N–H and O–H groups in total. The fraction of sp³-hybridized carbons (Fsp3) is 0.500. The number of imidazole rings is 1. The second-order valence-electron chi connectivity index (χ2n) is 7.38. The van der Waals surface area contributed by atoms with Crippen molar-refractivity contribution >= 4 is 5.91 Å². The Labute approximate surface area is 162 Å². The first-order chi connectivity index (χ1) is 13.3. The molecule has 0 bridgehead atoms. The van der Waals surface area contributed by atoms with E-state index in [2.05, 4.69) is 14.9 Å². The van der Waals surface area contributed by atoms with Gasteiger partial charge in [0.05, 0.1) is 5.56 Å². The lowest BCUT2D eigenvalue weighted by molar-refractivity contribution is -0.137. The number of carbonyl (C=O) groups is 1. The number of hydrogen-bond acceptors (Lipinski definition) is 3. The second kappa shape index (κ2) is 8.77. The number of amides is 1. The van der Waals surface area contributed by atoms with Crippen molar-refractivity contribution in [2.24, 2.45) is 5.92 Å². The molecule has 1 aromatic heterocycles. The SMILES string of the molecule is CN(C[C@H]1CCCN(CCc2cccc(C(F)(F)F)c2)C1)C(=O)c1ncc[nH]1. The third-order valence-corrected chi connectivity index (χ3v) is 5.15. The van der Waals surface area contributed by atoms with Gasteiger partial charge in [0.1, 0.15) is 0 Å². The van der Waals surface area contributed by atoms with E-state index < -0.39 is 11.7 Å². The minimum atomic E-state index is -4.31. The zero-order chi connectivity index (χ0) is 20.1. The van der Waals surface area contributed by atoms with Crippen LogP contribution in [0.2, 0.25) is 0 Å². The van der Waals surface area contributed by atoms with Gasteiger partial charge in [0.2, 0.25) is 0 Å². The smallest absolute Gasteiger partial charge is 0.341 e. The van der Waals surface area contributed by atoms with Crippen LogP contribution in [-0.4, -0.2) is 58.9 Å². The maximum atomic E-state index is 12.9. The molecule has 2 heterocycles. The number of H-pyrrole nitrogens is 1. The summed E-state index contributed by atoms with van der Waals surface area (Å²) in [7, 11) is 1.77. The Kier molecular flexibility index (Phi) is 6.39. The summed E-state index contributed by atoms with van der Waals surface area (Å²) in [5.41, 5.74) is 0.0987. The van der Waals surface area contributed by atoms with E-state index in [4.69, 9.17) is 0 Å². The molecule has 1 aliphatic rings. The number of hydrogen-bond donors (Lipinski definition) is 1. The Hall–Kier alpha value is -2.35. The Bertz CT molecular complexity index is 776. The average Bonchev–Trinajstić information content (AvgIpc) is 3.20. The Morgan fingerprint density at radius 2 is 2.21 bits per heavy atom. The van der Waals surface area contributed by atoms with E-state index in [-0.39, 0.29) is 5.91 Å². The Morgan fingerprint density at radius 3 is 2.93 bits per heavy atom. The van der Waals surface area contributed by atoms with Crippen molar-refractivity contribution in [2.75, 3.05) is 33.2 Å². The number of carbonyl (C=O) groups excluding carboxylic acids is 1. The lowest BCUT2D eigenvalue weighted by Crippen LogP contribution is -2.42. The van der Waals surface area contributed by atoms with Crippen molar-refractivity contribution in [1.82, 2.24) is 19.8 Å². The maximum Gasteiger partial charge on any atom is 0.416 e. The molecule has 2 aromatic rings. The molecule has 0 radical (unpaired) electrons. The molecule has 1 aliphatic heterocycles. The van der Waals surface area contributed by atoms with E-state index in [1.54, 1.807) is 30.4 Å². The first-order valence-corrected chi connectivity index (χ1v) is 9.46. The van der Waals surface area contributed by atoms with Gasteiger partial charge >= 0.3 is 6.18 Å². The topological polar surface area (TPSA) is 52.2 Å². The fourth-order valence-electron chi connectivity index (χ4n) is 3.73. The zero-order valence-corrected chi connectivity index (χ0v) is 15.9. The first-order valence-electron chi connectivity index (χ1n) is 9.46. The van der Waals surface area contributed by atoms with Crippen molar-refractivity contribution in [2.45, 2.75) is 25.4 Å². The summed E-state index contributed by atoms with van der Waals surface area (Å²) in [5, 5.41) is 0. The lowest BCUT2D eigenvalue weighted by Gasteiger charge is -2.34. The largest absolute Gasteiger partial charge is 0.416 e. The predicted octanol–water partition coefficient (Wildman–Crippen LogP) is 3.46. The number of piperidine rings is 1. The standard InChI is InChI=1S/C20H25F3N4O/c1-26(19(28)18-24-8-9-25-18)13-16-5-3-10-27(14-16)11-7-15-4-2-6-17(12-15)20(21,22)23/h2,4,6,8-9,12,16H,3,5,7,10-11,13-14H2,1H3,(H,24,25)/t16-/m1/s1. The molecule has 152 valence electrons. The number of alkyl halides is 3. The van der Waals surface area contributed by atoms with Crippen molar-refractivity contribution in [3.8, 4) is 0 Å². The summed E-state index contributed by atoms with van der Waals surface area (Å²) in [6.45, 7) is 3.13. The molecular formula is C20H25F3N4O. The molecule has 8 heteroatoms. The van der Waals surface area contributed by atoms with Gasteiger partial charge in [-0.2, -0.15) is 13.2 Å². The second-order valence-corrected chi connectivity index (χ2v) is 7.38. The van der Waals surface area contributed by atoms with E-state index in [1.165, 1.54) is 12.1 Å².